The average molecular weight is 492 g/mol. The molecule has 0 spiro atoms. The van der Waals surface area contributed by atoms with Crippen LogP contribution in [0.2, 0.25) is 0 Å². The fourth-order valence-corrected chi connectivity index (χ4v) is 4.13. The highest BCUT2D eigenvalue weighted by atomic mass is 16.5. The number of nitrogens with zero attached hydrogens (tertiary/aromatic N) is 2. The number of hydrogen-bond donors (Lipinski definition) is 3. The Kier molecular flexibility index (Phi) is 7.71. The molecule has 3 aromatic rings. The van der Waals surface area contributed by atoms with Gasteiger partial charge < -0.3 is 20.7 Å². The summed E-state index contributed by atoms with van der Waals surface area (Å²) in [6.45, 7) is 4.48. The Morgan fingerprint density at radius 3 is 2.36 bits per heavy atom. The van der Waals surface area contributed by atoms with Crippen molar-refractivity contribution >= 4 is 11.8 Å². The number of H-pyrrole nitrogens is 1. The first-order chi connectivity index (χ1) is 17.2. The lowest BCUT2D eigenvalue weighted by molar-refractivity contribution is -0.140. The van der Waals surface area contributed by atoms with Gasteiger partial charge in [0.15, 0.2) is 0 Å². The van der Waals surface area contributed by atoms with Gasteiger partial charge in [0.05, 0.1) is 37.4 Å². The van der Waals surface area contributed by atoms with Crippen molar-refractivity contribution in [2.75, 3.05) is 13.2 Å². The van der Waals surface area contributed by atoms with E-state index in [1.54, 1.807) is 23.4 Å². The molecule has 36 heavy (non-hydrogen) atoms. The standard InChI is InChI=1S/C27H33N5O4/c1-27(2,28)26(35)29-23(18-36-17-20-11-7-4-8-12-20)25(34)31-14-13-22-21(16-31)24(33)32(30-22)15-19-9-5-3-6-10-19/h3-12,23,30H,13-18,28H2,1-2H3,(H,29,35)/t23-/m1/s1. The molecule has 2 heterocycles. The van der Waals surface area contributed by atoms with Crippen LogP contribution < -0.4 is 16.6 Å². The van der Waals surface area contributed by atoms with Crippen LogP contribution in [0.1, 0.15) is 36.2 Å². The maximum absolute atomic E-state index is 13.5. The minimum absolute atomic E-state index is 0.00964. The van der Waals surface area contributed by atoms with Crippen molar-refractivity contribution in [2.24, 2.45) is 5.73 Å². The smallest absolute Gasteiger partial charge is 0.272 e. The van der Waals surface area contributed by atoms with E-state index in [1.165, 1.54) is 0 Å². The van der Waals surface area contributed by atoms with Gasteiger partial charge in [-0.15, -0.1) is 0 Å². The van der Waals surface area contributed by atoms with Crippen molar-refractivity contribution in [3.05, 3.63) is 93.4 Å². The second kappa shape index (κ2) is 10.9. The van der Waals surface area contributed by atoms with Crippen LogP contribution in [-0.4, -0.2) is 51.2 Å². The Morgan fingerprint density at radius 1 is 1.08 bits per heavy atom. The highest BCUT2D eigenvalue weighted by Gasteiger charge is 2.33. The quantitative estimate of drug-likeness (QED) is 0.419. The second-order valence-corrected chi connectivity index (χ2v) is 9.70. The molecule has 0 aliphatic carbocycles. The van der Waals surface area contributed by atoms with Crippen LogP contribution in [0, 0.1) is 0 Å². The molecule has 2 amide bonds. The SMILES string of the molecule is CC(C)(N)C(=O)N[C@H](COCc1ccccc1)C(=O)N1CCc2[nH]n(Cc3ccccc3)c(=O)c2C1. The van der Waals surface area contributed by atoms with Crippen molar-refractivity contribution < 1.29 is 14.3 Å². The zero-order valence-corrected chi connectivity index (χ0v) is 20.7. The zero-order valence-electron chi connectivity index (χ0n) is 20.7. The van der Waals surface area contributed by atoms with Crippen LogP contribution in [0.4, 0.5) is 0 Å². The van der Waals surface area contributed by atoms with Gasteiger partial charge in [0.1, 0.15) is 6.04 Å². The van der Waals surface area contributed by atoms with Crippen molar-refractivity contribution in [1.82, 2.24) is 20.0 Å². The summed E-state index contributed by atoms with van der Waals surface area (Å²) in [5.74, 6) is -0.754. The molecular formula is C27H33N5O4. The molecule has 0 fully saturated rings. The second-order valence-electron chi connectivity index (χ2n) is 9.70. The van der Waals surface area contributed by atoms with Gasteiger partial charge in [0.25, 0.3) is 5.56 Å². The Morgan fingerprint density at radius 2 is 1.72 bits per heavy atom. The van der Waals surface area contributed by atoms with Gasteiger partial charge >= 0.3 is 0 Å². The zero-order chi connectivity index (χ0) is 25.7. The van der Waals surface area contributed by atoms with E-state index in [0.717, 1.165) is 16.8 Å². The summed E-state index contributed by atoms with van der Waals surface area (Å²) in [4.78, 5) is 40.8. The number of ether oxygens (including phenoxy) is 1. The van der Waals surface area contributed by atoms with E-state index in [9.17, 15) is 14.4 Å². The molecule has 9 heteroatoms. The lowest BCUT2D eigenvalue weighted by atomic mass is 10.0. The molecule has 0 saturated carbocycles. The van der Waals surface area contributed by atoms with Crippen LogP contribution in [0.15, 0.2) is 65.5 Å². The van der Waals surface area contributed by atoms with E-state index in [1.807, 2.05) is 60.7 Å². The first-order valence-corrected chi connectivity index (χ1v) is 12.1. The molecule has 1 atom stereocenters. The van der Waals surface area contributed by atoms with Crippen molar-refractivity contribution in [3.63, 3.8) is 0 Å². The molecule has 1 aliphatic heterocycles. The molecule has 4 N–H and O–H groups in total. The van der Waals surface area contributed by atoms with E-state index >= 15 is 0 Å². The van der Waals surface area contributed by atoms with Crippen molar-refractivity contribution in [1.29, 1.82) is 0 Å². The van der Waals surface area contributed by atoms with E-state index in [-0.39, 0.29) is 24.6 Å². The van der Waals surface area contributed by atoms with Crippen LogP contribution in [0.5, 0.6) is 0 Å². The normalized spacial score (nSPS) is 14.2. The van der Waals surface area contributed by atoms with Gasteiger partial charge in [0, 0.05) is 18.7 Å². The summed E-state index contributed by atoms with van der Waals surface area (Å²) in [6, 6.07) is 18.4. The third-order valence-corrected chi connectivity index (χ3v) is 6.20. The van der Waals surface area contributed by atoms with Crippen LogP contribution in [0.3, 0.4) is 0 Å². The van der Waals surface area contributed by atoms with E-state index in [4.69, 9.17) is 10.5 Å². The number of fused-ring (bicyclic) bond motifs is 1. The predicted molar refractivity (Wildman–Crippen MR) is 136 cm³/mol. The molecule has 1 aromatic heterocycles. The number of carbonyl (C=O) groups is 2. The number of rotatable bonds is 9. The molecule has 0 unspecified atom stereocenters. The average Bonchev–Trinajstić information content (AvgIpc) is 3.18. The molecule has 0 radical (unpaired) electrons. The number of nitrogens with one attached hydrogen (secondary N) is 2. The molecule has 0 saturated heterocycles. The van der Waals surface area contributed by atoms with E-state index in [0.29, 0.717) is 31.7 Å². The van der Waals surface area contributed by atoms with Gasteiger partial charge in [-0.3, -0.25) is 19.5 Å². The first kappa shape index (κ1) is 25.4. The molecular weight excluding hydrogens is 458 g/mol. The summed E-state index contributed by atoms with van der Waals surface area (Å²) in [5, 5.41) is 5.94. The Labute approximate surface area is 210 Å². The topological polar surface area (TPSA) is 122 Å². The van der Waals surface area contributed by atoms with Crippen molar-refractivity contribution in [2.45, 2.75) is 51.5 Å². The molecule has 0 bridgehead atoms. The van der Waals surface area contributed by atoms with Gasteiger partial charge in [-0.1, -0.05) is 60.7 Å². The largest absolute Gasteiger partial charge is 0.374 e. The van der Waals surface area contributed by atoms with Gasteiger partial charge in [0.2, 0.25) is 11.8 Å². The van der Waals surface area contributed by atoms with E-state index < -0.39 is 17.5 Å². The highest BCUT2D eigenvalue weighted by molar-refractivity contribution is 5.91. The third-order valence-electron chi connectivity index (χ3n) is 6.20. The fraction of sp³-hybridized carbons (Fsp3) is 0.370. The van der Waals surface area contributed by atoms with Gasteiger partial charge in [-0.05, 0) is 25.0 Å². The minimum atomic E-state index is -1.15. The first-order valence-electron chi connectivity index (χ1n) is 12.1. The Bertz CT molecular complexity index is 1240. The number of carbonyl (C=O) groups excluding carboxylic acids is 2. The number of aromatic amines is 1. The Balaban J connectivity index is 1.47. The maximum atomic E-state index is 13.5. The lowest BCUT2D eigenvalue weighted by Gasteiger charge is -2.31. The fourth-order valence-electron chi connectivity index (χ4n) is 4.13. The molecule has 1 aliphatic rings. The highest BCUT2D eigenvalue weighted by Crippen LogP contribution is 2.16. The summed E-state index contributed by atoms with van der Waals surface area (Å²) < 4.78 is 7.37. The number of hydrogen-bond acceptors (Lipinski definition) is 5. The number of amides is 2. The number of nitrogens with two attached hydrogens (primary N) is 1. The number of aromatic nitrogens is 2. The molecule has 190 valence electrons. The molecule has 4 rings (SSSR count). The van der Waals surface area contributed by atoms with E-state index in [2.05, 4.69) is 10.4 Å². The monoisotopic (exact) mass is 491 g/mol. The molecule has 9 nitrogen and oxygen atoms in total. The van der Waals surface area contributed by atoms with Crippen LogP contribution in [0.25, 0.3) is 0 Å². The summed E-state index contributed by atoms with van der Waals surface area (Å²) in [7, 11) is 0. The third kappa shape index (κ3) is 6.10. The predicted octanol–water partition coefficient (Wildman–Crippen LogP) is 1.55. The molecule has 2 aromatic carbocycles. The van der Waals surface area contributed by atoms with Crippen molar-refractivity contribution in [3.8, 4) is 0 Å². The summed E-state index contributed by atoms with van der Waals surface area (Å²) >= 11 is 0. The van der Waals surface area contributed by atoms with Crippen LogP contribution >= 0.6 is 0 Å². The summed E-state index contributed by atoms with van der Waals surface area (Å²) in [6.07, 6.45) is 0.520. The Hall–Kier alpha value is -3.69. The number of benzene rings is 2. The van der Waals surface area contributed by atoms with Gasteiger partial charge in [-0.25, -0.2) is 4.68 Å². The minimum Gasteiger partial charge on any atom is -0.374 e. The summed E-state index contributed by atoms with van der Waals surface area (Å²) in [5.41, 5.74) is 8.03. The lowest BCUT2D eigenvalue weighted by Crippen LogP contribution is -2.58. The van der Waals surface area contributed by atoms with Gasteiger partial charge in [-0.2, -0.15) is 0 Å². The maximum Gasteiger partial charge on any atom is 0.272 e. The van der Waals surface area contributed by atoms with Crippen LogP contribution in [-0.2, 0) is 40.4 Å².